The van der Waals surface area contributed by atoms with E-state index in [4.69, 9.17) is 0 Å². The van der Waals surface area contributed by atoms with Gasteiger partial charge in [-0.25, -0.2) is 0 Å². The summed E-state index contributed by atoms with van der Waals surface area (Å²) in [6, 6.07) is 4.16. The van der Waals surface area contributed by atoms with Crippen molar-refractivity contribution in [1.82, 2.24) is 9.97 Å². The van der Waals surface area contributed by atoms with E-state index in [0.717, 1.165) is 23.0 Å². The summed E-state index contributed by atoms with van der Waals surface area (Å²) >= 11 is 0. The lowest BCUT2D eigenvalue weighted by molar-refractivity contribution is 1.11. The van der Waals surface area contributed by atoms with Crippen LogP contribution in [0.1, 0.15) is 18.1 Å². The SMILES string of the molecule is CCc1cnc2cc(C)cnc2c1. The molecule has 2 nitrogen and oxygen atoms in total. The number of hydrogen-bond donors (Lipinski definition) is 0. The number of aryl methyl sites for hydroxylation is 2. The Balaban J connectivity index is 2.66. The smallest absolute Gasteiger partial charge is 0.0889 e. The van der Waals surface area contributed by atoms with E-state index in [1.54, 1.807) is 0 Å². The van der Waals surface area contributed by atoms with Crippen LogP contribution in [0.5, 0.6) is 0 Å². The molecule has 2 rings (SSSR count). The molecule has 0 aliphatic rings. The Morgan fingerprint density at radius 1 is 1.08 bits per heavy atom. The molecule has 0 amide bonds. The van der Waals surface area contributed by atoms with Gasteiger partial charge in [-0.15, -0.1) is 0 Å². The van der Waals surface area contributed by atoms with Crippen molar-refractivity contribution in [2.24, 2.45) is 0 Å². The lowest BCUT2D eigenvalue weighted by atomic mass is 10.2. The average molecular weight is 172 g/mol. The highest BCUT2D eigenvalue weighted by atomic mass is 14.7. The first kappa shape index (κ1) is 8.17. The second-order valence-electron chi connectivity index (χ2n) is 3.25. The minimum atomic E-state index is 0.984. The van der Waals surface area contributed by atoms with Crippen LogP contribution in [0.3, 0.4) is 0 Å². The first-order chi connectivity index (χ1) is 6.29. The van der Waals surface area contributed by atoms with Gasteiger partial charge >= 0.3 is 0 Å². The van der Waals surface area contributed by atoms with Crippen LogP contribution in [0.4, 0.5) is 0 Å². The van der Waals surface area contributed by atoms with Crippen LogP contribution in [0.25, 0.3) is 11.0 Å². The van der Waals surface area contributed by atoms with Crippen molar-refractivity contribution in [2.75, 3.05) is 0 Å². The minimum Gasteiger partial charge on any atom is -0.254 e. The molecule has 2 heterocycles. The second-order valence-corrected chi connectivity index (χ2v) is 3.25. The van der Waals surface area contributed by atoms with Gasteiger partial charge < -0.3 is 0 Å². The third kappa shape index (κ3) is 1.52. The van der Waals surface area contributed by atoms with Crippen molar-refractivity contribution < 1.29 is 0 Å². The van der Waals surface area contributed by atoms with Gasteiger partial charge in [0.2, 0.25) is 0 Å². The fourth-order valence-electron chi connectivity index (χ4n) is 1.34. The van der Waals surface area contributed by atoms with Crippen molar-refractivity contribution in [3.8, 4) is 0 Å². The average Bonchev–Trinajstić information content (AvgIpc) is 2.17. The third-order valence-electron chi connectivity index (χ3n) is 2.13. The highest BCUT2D eigenvalue weighted by Gasteiger charge is 1.97. The molecule has 13 heavy (non-hydrogen) atoms. The van der Waals surface area contributed by atoms with E-state index in [1.165, 1.54) is 5.56 Å². The van der Waals surface area contributed by atoms with Gasteiger partial charge in [-0.05, 0) is 36.6 Å². The molecule has 66 valence electrons. The molecule has 0 spiro atoms. The van der Waals surface area contributed by atoms with E-state index in [0.29, 0.717) is 0 Å². The molecule has 0 unspecified atom stereocenters. The van der Waals surface area contributed by atoms with Gasteiger partial charge in [0.05, 0.1) is 11.0 Å². The maximum Gasteiger partial charge on any atom is 0.0889 e. The van der Waals surface area contributed by atoms with E-state index in [9.17, 15) is 0 Å². The van der Waals surface area contributed by atoms with Crippen molar-refractivity contribution in [1.29, 1.82) is 0 Å². The molecule has 0 aliphatic heterocycles. The monoisotopic (exact) mass is 172 g/mol. The standard InChI is InChI=1S/C11H12N2/c1-3-9-5-11-10(13-7-9)4-8(2)6-12-11/h4-7H,3H2,1-2H3. The highest BCUT2D eigenvalue weighted by Crippen LogP contribution is 2.12. The first-order valence-corrected chi connectivity index (χ1v) is 4.51. The number of fused-ring (bicyclic) bond motifs is 1. The lowest BCUT2D eigenvalue weighted by Crippen LogP contribution is -1.88. The zero-order valence-corrected chi connectivity index (χ0v) is 7.91. The van der Waals surface area contributed by atoms with E-state index in [2.05, 4.69) is 29.0 Å². The molecule has 2 aromatic rings. The first-order valence-electron chi connectivity index (χ1n) is 4.51. The quantitative estimate of drug-likeness (QED) is 0.660. The van der Waals surface area contributed by atoms with Gasteiger partial charge in [-0.3, -0.25) is 9.97 Å². The van der Waals surface area contributed by atoms with Crippen LogP contribution in [0.15, 0.2) is 24.5 Å². The fourth-order valence-corrected chi connectivity index (χ4v) is 1.34. The van der Waals surface area contributed by atoms with E-state index in [1.807, 2.05) is 19.3 Å². The van der Waals surface area contributed by atoms with Crippen molar-refractivity contribution >= 4 is 11.0 Å². The van der Waals surface area contributed by atoms with Crippen LogP contribution in [0.2, 0.25) is 0 Å². The van der Waals surface area contributed by atoms with Gasteiger partial charge in [-0.1, -0.05) is 6.92 Å². The number of hydrogen-bond acceptors (Lipinski definition) is 2. The summed E-state index contributed by atoms with van der Waals surface area (Å²) in [5, 5.41) is 0. The molecular formula is C11H12N2. The maximum atomic E-state index is 4.35. The molecule has 0 bridgehead atoms. The van der Waals surface area contributed by atoms with E-state index in [-0.39, 0.29) is 0 Å². The molecule has 0 saturated carbocycles. The summed E-state index contributed by atoms with van der Waals surface area (Å²) in [4.78, 5) is 8.68. The number of rotatable bonds is 1. The Bertz CT molecular complexity index is 435. The fraction of sp³-hybridized carbons (Fsp3) is 0.273. The molecule has 2 aromatic heterocycles. The van der Waals surface area contributed by atoms with Crippen LogP contribution in [-0.2, 0) is 6.42 Å². The number of aromatic nitrogens is 2. The molecular weight excluding hydrogens is 160 g/mol. The van der Waals surface area contributed by atoms with Gasteiger partial charge in [0.15, 0.2) is 0 Å². The molecule has 0 aromatic carbocycles. The van der Waals surface area contributed by atoms with Crippen molar-refractivity contribution in [3.05, 3.63) is 35.7 Å². The Morgan fingerprint density at radius 3 is 2.54 bits per heavy atom. The van der Waals surface area contributed by atoms with E-state index < -0.39 is 0 Å². The van der Waals surface area contributed by atoms with Crippen molar-refractivity contribution in [2.45, 2.75) is 20.3 Å². The summed E-state index contributed by atoms with van der Waals surface area (Å²) in [6.45, 7) is 4.15. The van der Waals surface area contributed by atoms with Crippen molar-refractivity contribution in [3.63, 3.8) is 0 Å². The van der Waals surface area contributed by atoms with Crippen LogP contribution in [0, 0.1) is 6.92 Å². The Hall–Kier alpha value is -1.44. The van der Waals surface area contributed by atoms with Gasteiger partial charge in [0.1, 0.15) is 0 Å². The number of pyridine rings is 2. The summed E-state index contributed by atoms with van der Waals surface area (Å²) < 4.78 is 0. The zero-order valence-electron chi connectivity index (χ0n) is 7.91. The minimum absolute atomic E-state index is 0.984. The van der Waals surface area contributed by atoms with Crippen LogP contribution >= 0.6 is 0 Å². The van der Waals surface area contributed by atoms with Crippen LogP contribution in [-0.4, -0.2) is 9.97 Å². The molecule has 0 N–H and O–H groups in total. The molecule has 0 fully saturated rings. The molecule has 0 saturated heterocycles. The molecule has 0 aliphatic carbocycles. The summed E-state index contributed by atoms with van der Waals surface area (Å²) in [5.41, 5.74) is 4.37. The van der Waals surface area contributed by atoms with Crippen LogP contribution < -0.4 is 0 Å². The Morgan fingerprint density at radius 2 is 1.77 bits per heavy atom. The summed E-state index contributed by atoms with van der Waals surface area (Å²) in [7, 11) is 0. The summed E-state index contributed by atoms with van der Waals surface area (Å²) in [5.74, 6) is 0. The summed E-state index contributed by atoms with van der Waals surface area (Å²) in [6.07, 6.45) is 4.81. The largest absolute Gasteiger partial charge is 0.254 e. The van der Waals surface area contributed by atoms with Gasteiger partial charge in [-0.2, -0.15) is 0 Å². The van der Waals surface area contributed by atoms with Gasteiger partial charge in [0, 0.05) is 12.4 Å². The predicted molar refractivity (Wildman–Crippen MR) is 53.7 cm³/mol. The molecule has 0 radical (unpaired) electrons. The molecule has 2 heteroatoms. The zero-order chi connectivity index (χ0) is 9.26. The normalized spacial score (nSPS) is 10.6. The Labute approximate surface area is 77.6 Å². The predicted octanol–water partition coefficient (Wildman–Crippen LogP) is 2.50. The number of nitrogens with zero attached hydrogens (tertiary/aromatic N) is 2. The highest BCUT2D eigenvalue weighted by molar-refractivity contribution is 5.74. The molecule has 0 atom stereocenters. The Kier molecular flexibility index (Phi) is 1.97. The van der Waals surface area contributed by atoms with E-state index >= 15 is 0 Å². The lowest BCUT2D eigenvalue weighted by Gasteiger charge is -2.00. The third-order valence-corrected chi connectivity index (χ3v) is 2.13. The maximum absolute atomic E-state index is 4.35. The van der Waals surface area contributed by atoms with Gasteiger partial charge in [0.25, 0.3) is 0 Å². The topological polar surface area (TPSA) is 25.8 Å². The second kappa shape index (κ2) is 3.13.